The first kappa shape index (κ1) is 5.80. The van der Waals surface area contributed by atoms with Crippen LogP contribution in [0.4, 0.5) is 0 Å². The van der Waals surface area contributed by atoms with Gasteiger partial charge < -0.3 is 9.47 Å². The van der Waals surface area contributed by atoms with Crippen LogP contribution in [-0.4, -0.2) is 11.8 Å². The Balaban J connectivity index is 2.52. The second-order valence-electron chi connectivity index (χ2n) is 1.84. The molecule has 0 N–H and O–H groups in total. The van der Waals surface area contributed by atoms with Crippen molar-refractivity contribution in [1.29, 1.82) is 0 Å². The van der Waals surface area contributed by atoms with Gasteiger partial charge in [0.1, 0.15) is 5.15 Å². The van der Waals surface area contributed by atoms with E-state index < -0.39 is 0 Å². The van der Waals surface area contributed by atoms with Gasteiger partial charge in [0.2, 0.25) is 6.79 Å². The molecule has 0 unspecified atom stereocenters. The predicted octanol–water partition coefficient (Wildman–Crippen LogP) is 1.46. The van der Waals surface area contributed by atoms with Gasteiger partial charge in [0.05, 0.1) is 0 Å². The van der Waals surface area contributed by atoms with Crippen molar-refractivity contribution in [3.63, 3.8) is 0 Å². The molecule has 0 fully saturated rings. The highest BCUT2D eigenvalue weighted by Gasteiger charge is 2.13. The molecular formula is C6H4ClNO2. The summed E-state index contributed by atoms with van der Waals surface area (Å²) in [5, 5.41) is 0.421. The van der Waals surface area contributed by atoms with E-state index in [-0.39, 0.29) is 6.79 Å². The van der Waals surface area contributed by atoms with Crippen LogP contribution < -0.4 is 9.47 Å². The van der Waals surface area contributed by atoms with E-state index in [4.69, 9.17) is 21.1 Å². The third-order valence-corrected chi connectivity index (χ3v) is 1.41. The molecule has 0 atom stereocenters. The molecule has 0 bridgehead atoms. The number of hydrogen-bond donors (Lipinski definition) is 0. The molecular weight excluding hydrogens is 154 g/mol. The van der Waals surface area contributed by atoms with Crippen molar-refractivity contribution in [3.05, 3.63) is 17.3 Å². The number of rotatable bonds is 0. The van der Waals surface area contributed by atoms with Crippen molar-refractivity contribution >= 4 is 11.6 Å². The van der Waals surface area contributed by atoms with Crippen molar-refractivity contribution < 1.29 is 9.47 Å². The number of fused-ring (bicyclic) bond motifs is 1. The summed E-state index contributed by atoms with van der Waals surface area (Å²) in [6.45, 7) is 0.239. The first-order valence-electron chi connectivity index (χ1n) is 2.78. The van der Waals surface area contributed by atoms with E-state index in [0.717, 1.165) is 0 Å². The summed E-state index contributed by atoms with van der Waals surface area (Å²) in [5.41, 5.74) is 0. The first-order chi connectivity index (χ1) is 4.86. The standard InChI is InChI=1S/C6H4ClNO2/c7-5-2-1-4-6(8-5)10-3-9-4/h1-2H,3H2. The Hall–Kier alpha value is -0.960. The maximum Gasteiger partial charge on any atom is 0.261 e. The fourth-order valence-corrected chi connectivity index (χ4v) is 0.907. The Kier molecular flexibility index (Phi) is 1.17. The summed E-state index contributed by atoms with van der Waals surface area (Å²) in [6, 6.07) is 3.40. The number of pyridine rings is 1. The van der Waals surface area contributed by atoms with E-state index in [9.17, 15) is 0 Å². The van der Waals surface area contributed by atoms with Gasteiger partial charge >= 0.3 is 0 Å². The van der Waals surface area contributed by atoms with Crippen LogP contribution in [0.15, 0.2) is 12.1 Å². The lowest BCUT2D eigenvalue weighted by Gasteiger charge is -1.92. The molecule has 1 aliphatic rings. The molecule has 0 amide bonds. The predicted molar refractivity (Wildman–Crippen MR) is 35.4 cm³/mol. The Morgan fingerprint density at radius 2 is 2.30 bits per heavy atom. The second kappa shape index (κ2) is 2.02. The van der Waals surface area contributed by atoms with Crippen molar-refractivity contribution in [2.24, 2.45) is 0 Å². The number of ether oxygens (including phenoxy) is 2. The minimum absolute atomic E-state index is 0.239. The lowest BCUT2D eigenvalue weighted by Crippen LogP contribution is -1.93. The van der Waals surface area contributed by atoms with Crippen molar-refractivity contribution in [1.82, 2.24) is 4.98 Å². The monoisotopic (exact) mass is 157 g/mol. The molecule has 3 nitrogen and oxygen atoms in total. The topological polar surface area (TPSA) is 31.4 Å². The van der Waals surface area contributed by atoms with Crippen LogP contribution in [0.3, 0.4) is 0 Å². The van der Waals surface area contributed by atoms with E-state index >= 15 is 0 Å². The van der Waals surface area contributed by atoms with Gasteiger partial charge in [0, 0.05) is 0 Å². The van der Waals surface area contributed by atoms with E-state index in [1.165, 1.54) is 0 Å². The average molecular weight is 158 g/mol. The molecule has 0 radical (unpaired) electrons. The molecule has 1 aliphatic heterocycles. The van der Waals surface area contributed by atoms with Gasteiger partial charge in [-0.2, -0.15) is 4.98 Å². The first-order valence-corrected chi connectivity index (χ1v) is 3.16. The highest BCUT2D eigenvalue weighted by Crippen LogP contribution is 2.30. The van der Waals surface area contributed by atoms with E-state index in [0.29, 0.717) is 16.8 Å². The molecule has 0 aliphatic carbocycles. The molecule has 1 aromatic heterocycles. The van der Waals surface area contributed by atoms with Crippen LogP contribution >= 0.6 is 11.6 Å². The van der Waals surface area contributed by atoms with E-state index in [1.807, 2.05) is 0 Å². The molecule has 10 heavy (non-hydrogen) atoms. The van der Waals surface area contributed by atoms with Gasteiger partial charge in [-0.25, -0.2) is 0 Å². The molecule has 2 rings (SSSR count). The van der Waals surface area contributed by atoms with E-state index in [2.05, 4.69) is 4.98 Å². The van der Waals surface area contributed by atoms with Crippen molar-refractivity contribution in [3.8, 4) is 11.6 Å². The Morgan fingerprint density at radius 3 is 3.20 bits per heavy atom. The largest absolute Gasteiger partial charge is 0.452 e. The number of nitrogens with zero attached hydrogens (tertiary/aromatic N) is 1. The second-order valence-corrected chi connectivity index (χ2v) is 2.23. The number of halogens is 1. The van der Waals surface area contributed by atoms with Crippen LogP contribution in [0.2, 0.25) is 5.15 Å². The van der Waals surface area contributed by atoms with Crippen LogP contribution in [0.5, 0.6) is 11.6 Å². The van der Waals surface area contributed by atoms with Gasteiger partial charge in [-0.05, 0) is 12.1 Å². The molecule has 0 spiro atoms. The maximum absolute atomic E-state index is 5.58. The van der Waals surface area contributed by atoms with Crippen molar-refractivity contribution in [2.75, 3.05) is 6.79 Å². The zero-order valence-corrected chi connectivity index (χ0v) is 5.76. The lowest BCUT2D eigenvalue weighted by molar-refractivity contribution is 0.171. The van der Waals surface area contributed by atoms with Gasteiger partial charge in [-0.1, -0.05) is 11.6 Å². The molecule has 0 aromatic carbocycles. The van der Waals surface area contributed by atoms with Gasteiger partial charge in [-0.3, -0.25) is 0 Å². The molecule has 52 valence electrons. The third-order valence-electron chi connectivity index (χ3n) is 1.20. The normalized spacial score (nSPS) is 13.7. The minimum Gasteiger partial charge on any atom is -0.452 e. The van der Waals surface area contributed by atoms with E-state index in [1.54, 1.807) is 12.1 Å². The molecule has 0 saturated carbocycles. The van der Waals surface area contributed by atoms with Gasteiger partial charge in [-0.15, -0.1) is 0 Å². The summed E-state index contributed by atoms with van der Waals surface area (Å²) >= 11 is 5.58. The minimum atomic E-state index is 0.239. The molecule has 1 aromatic rings. The fraction of sp³-hybridized carbons (Fsp3) is 0.167. The fourth-order valence-electron chi connectivity index (χ4n) is 0.767. The quantitative estimate of drug-likeness (QED) is 0.535. The van der Waals surface area contributed by atoms with Gasteiger partial charge in [0.15, 0.2) is 5.75 Å². The molecule has 2 heterocycles. The summed E-state index contributed by atoms with van der Waals surface area (Å²) < 4.78 is 9.97. The third kappa shape index (κ3) is 0.789. The number of aromatic nitrogens is 1. The maximum atomic E-state index is 5.58. The Bertz CT molecular complexity index is 264. The smallest absolute Gasteiger partial charge is 0.261 e. The highest BCUT2D eigenvalue weighted by molar-refractivity contribution is 6.29. The average Bonchev–Trinajstić information content (AvgIpc) is 2.33. The summed E-state index contributed by atoms with van der Waals surface area (Å²) in [4.78, 5) is 3.87. The van der Waals surface area contributed by atoms with Crippen molar-refractivity contribution in [2.45, 2.75) is 0 Å². The highest BCUT2D eigenvalue weighted by atomic mass is 35.5. The van der Waals surface area contributed by atoms with Gasteiger partial charge in [0.25, 0.3) is 5.88 Å². The molecule has 0 saturated heterocycles. The SMILES string of the molecule is Clc1ccc2c(n1)OCO2. The van der Waals surface area contributed by atoms with Crippen LogP contribution in [0.1, 0.15) is 0 Å². The Labute approximate surface area is 62.5 Å². The number of hydrogen-bond acceptors (Lipinski definition) is 3. The zero-order valence-electron chi connectivity index (χ0n) is 5.00. The van der Waals surface area contributed by atoms with Crippen LogP contribution in [-0.2, 0) is 0 Å². The lowest BCUT2D eigenvalue weighted by atomic mass is 10.4. The summed E-state index contributed by atoms with van der Waals surface area (Å²) in [6.07, 6.45) is 0. The Morgan fingerprint density at radius 1 is 1.40 bits per heavy atom. The zero-order chi connectivity index (χ0) is 6.97. The van der Waals surface area contributed by atoms with Crippen LogP contribution in [0, 0.1) is 0 Å². The van der Waals surface area contributed by atoms with Crippen LogP contribution in [0.25, 0.3) is 0 Å². The summed E-state index contributed by atoms with van der Waals surface area (Å²) in [5.74, 6) is 1.14. The molecule has 4 heteroatoms. The summed E-state index contributed by atoms with van der Waals surface area (Å²) in [7, 11) is 0.